The molecule has 3 aromatic rings. The Morgan fingerprint density at radius 2 is 1.92 bits per heavy atom. The standard InChI is InChI=1S/C24H32N8O4/c1-24(2)35-19-16(11-27-10-6-5-9-17(33)31-15-8-4-3-7-14(15)25)34-23(20(19)36-24)32-13-30-18-21(26)28-12-29-22(18)32/h3-4,7-8,12-13,16,19-20,23,27H,5-6,9-11,25H2,1-2H3,(H,31,33)(H2,26,28,29)/t16-,19-,20-,23-/m1/s1. The van der Waals surface area contributed by atoms with Gasteiger partial charge in [-0.3, -0.25) is 9.36 Å². The van der Waals surface area contributed by atoms with Crippen LogP contribution in [0.1, 0.15) is 39.3 Å². The molecular formula is C24H32N8O4. The third kappa shape index (κ3) is 4.98. The van der Waals surface area contributed by atoms with Crippen molar-refractivity contribution >= 4 is 34.3 Å². The summed E-state index contributed by atoms with van der Waals surface area (Å²) in [6.45, 7) is 5.11. The highest BCUT2D eigenvalue weighted by Gasteiger charge is 2.55. The van der Waals surface area contributed by atoms with Crippen LogP contribution in [0.5, 0.6) is 0 Å². The number of anilines is 3. The van der Waals surface area contributed by atoms with Crippen LogP contribution < -0.4 is 22.1 Å². The molecule has 36 heavy (non-hydrogen) atoms. The molecule has 2 fully saturated rings. The molecule has 2 aromatic heterocycles. The van der Waals surface area contributed by atoms with Crippen molar-refractivity contribution in [2.45, 2.75) is 63.4 Å². The van der Waals surface area contributed by atoms with Gasteiger partial charge in [0.25, 0.3) is 0 Å². The minimum atomic E-state index is -0.727. The number of imidazole rings is 1. The summed E-state index contributed by atoms with van der Waals surface area (Å²) in [6.07, 6.45) is 3.80. The molecule has 1 aromatic carbocycles. The van der Waals surface area contributed by atoms with Crippen molar-refractivity contribution in [3.8, 4) is 0 Å². The summed E-state index contributed by atoms with van der Waals surface area (Å²) in [6, 6.07) is 7.23. The predicted octanol–water partition coefficient (Wildman–Crippen LogP) is 1.81. The molecule has 2 aliphatic rings. The van der Waals surface area contributed by atoms with Gasteiger partial charge >= 0.3 is 0 Å². The number of ether oxygens (including phenoxy) is 3. The third-order valence-electron chi connectivity index (χ3n) is 6.37. The van der Waals surface area contributed by atoms with Crippen LogP contribution in [0.2, 0.25) is 0 Å². The number of hydrogen-bond donors (Lipinski definition) is 4. The van der Waals surface area contributed by atoms with Gasteiger partial charge in [0.05, 0.1) is 17.7 Å². The van der Waals surface area contributed by atoms with E-state index in [4.69, 9.17) is 25.7 Å². The van der Waals surface area contributed by atoms with Crippen LogP contribution in [-0.4, -0.2) is 62.6 Å². The zero-order chi connectivity index (χ0) is 25.3. The Morgan fingerprint density at radius 3 is 2.75 bits per heavy atom. The Hall–Kier alpha value is -3.32. The van der Waals surface area contributed by atoms with Crippen molar-refractivity contribution in [1.82, 2.24) is 24.8 Å². The largest absolute Gasteiger partial charge is 0.397 e. The van der Waals surface area contributed by atoms with E-state index in [-0.39, 0.29) is 24.2 Å². The fourth-order valence-electron chi connectivity index (χ4n) is 4.71. The third-order valence-corrected chi connectivity index (χ3v) is 6.37. The highest BCUT2D eigenvalue weighted by molar-refractivity contribution is 5.93. The number of amides is 1. The van der Waals surface area contributed by atoms with Gasteiger partial charge in [0, 0.05) is 13.0 Å². The zero-order valence-electron chi connectivity index (χ0n) is 20.4. The van der Waals surface area contributed by atoms with E-state index in [1.54, 1.807) is 18.5 Å². The van der Waals surface area contributed by atoms with Crippen molar-refractivity contribution in [3.05, 3.63) is 36.9 Å². The van der Waals surface area contributed by atoms with Crippen LogP contribution in [-0.2, 0) is 19.0 Å². The predicted molar refractivity (Wildman–Crippen MR) is 134 cm³/mol. The number of carbonyl (C=O) groups is 1. The molecule has 0 unspecified atom stereocenters. The summed E-state index contributed by atoms with van der Waals surface area (Å²) >= 11 is 0. The maximum absolute atomic E-state index is 12.2. The van der Waals surface area contributed by atoms with E-state index in [9.17, 15) is 4.79 Å². The molecule has 2 aliphatic heterocycles. The molecule has 1 amide bonds. The molecule has 4 atom stereocenters. The van der Waals surface area contributed by atoms with Crippen LogP contribution in [0, 0.1) is 0 Å². The monoisotopic (exact) mass is 496 g/mol. The van der Waals surface area contributed by atoms with Crippen molar-refractivity contribution in [2.75, 3.05) is 29.9 Å². The molecule has 2 saturated heterocycles. The van der Waals surface area contributed by atoms with E-state index in [1.165, 1.54) is 6.33 Å². The number of nitrogens with one attached hydrogen (secondary N) is 2. The van der Waals surface area contributed by atoms with Crippen LogP contribution in [0.25, 0.3) is 11.2 Å². The molecule has 6 N–H and O–H groups in total. The Kier molecular flexibility index (Phi) is 6.75. The number of aromatic nitrogens is 4. The van der Waals surface area contributed by atoms with E-state index in [0.29, 0.717) is 41.3 Å². The summed E-state index contributed by atoms with van der Waals surface area (Å²) in [5.74, 6) is -0.458. The van der Waals surface area contributed by atoms with E-state index < -0.39 is 12.0 Å². The summed E-state index contributed by atoms with van der Waals surface area (Å²) in [7, 11) is 0. The summed E-state index contributed by atoms with van der Waals surface area (Å²) in [5, 5.41) is 6.28. The van der Waals surface area contributed by atoms with E-state index in [1.807, 2.05) is 30.5 Å². The fraction of sp³-hybridized carbons (Fsp3) is 0.500. The van der Waals surface area contributed by atoms with Crippen LogP contribution >= 0.6 is 0 Å². The van der Waals surface area contributed by atoms with Crippen LogP contribution in [0.4, 0.5) is 17.2 Å². The lowest BCUT2D eigenvalue weighted by Gasteiger charge is -2.25. The second-order valence-corrected chi connectivity index (χ2v) is 9.51. The van der Waals surface area contributed by atoms with Crippen molar-refractivity contribution in [1.29, 1.82) is 0 Å². The lowest BCUT2D eigenvalue weighted by molar-refractivity contribution is -0.195. The van der Waals surface area contributed by atoms with E-state index >= 15 is 0 Å². The van der Waals surface area contributed by atoms with Gasteiger partial charge in [-0.05, 0) is 45.4 Å². The Morgan fingerprint density at radius 1 is 1.11 bits per heavy atom. The fourth-order valence-corrected chi connectivity index (χ4v) is 4.71. The maximum Gasteiger partial charge on any atom is 0.224 e. The van der Waals surface area contributed by atoms with Crippen molar-refractivity contribution < 1.29 is 19.0 Å². The SMILES string of the molecule is CC1(C)O[C@@H]2[C@H](O1)[C@@H](CNCCCCC(=O)Nc1ccccc1N)O[C@H]2n1cnc2c(N)ncnc21. The topological polar surface area (TPSA) is 164 Å². The number of unbranched alkanes of at least 4 members (excludes halogenated alkanes) is 1. The van der Waals surface area contributed by atoms with Crippen molar-refractivity contribution in [3.63, 3.8) is 0 Å². The second kappa shape index (κ2) is 9.97. The van der Waals surface area contributed by atoms with Gasteiger partial charge in [0.1, 0.15) is 30.2 Å². The van der Waals surface area contributed by atoms with Gasteiger partial charge in [-0.2, -0.15) is 0 Å². The number of para-hydroxylation sites is 2. The van der Waals surface area contributed by atoms with Crippen LogP contribution in [0.3, 0.4) is 0 Å². The Balaban J connectivity index is 1.13. The second-order valence-electron chi connectivity index (χ2n) is 9.51. The molecule has 0 radical (unpaired) electrons. The molecule has 0 aliphatic carbocycles. The zero-order valence-corrected chi connectivity index (χ0v) is 20.4. The molecule has 12 nitrogen and oxygen atoms in total. The quantitative estimate of drug-likeness (QED) is 0.254. The average molecular weight is 497 g/mol. The van der Waals surface area contributed by atoms with Gasteiger partial charge in [-0.25, -0.2) is 15.0 Å². The van der Waals surface area contributed by atoms with Gasteiger partial charge in [-0.15, -0.1) is 0 Å². The minimum Gasteiger partial charge on any atom is -0.397 e. The van der Waals surface area contributed by atoms with Gasteiger partial charge < -0.3 is 36.3 Å². The van der Waals surface area contributed by atoms with E-state index in [2.05, 4.69) is 25.6 Å². The molecule has 0 saturated carbocycles. The normalized spacial score (nSPS) is 24.7. The number of nitrogens with two attached hydrogens (primary N) is 2. The number of benzene rings is 1. The lowest BCUT2D eigenvalue weighted by Crippen LogP contribution is -2.37. The Bertz CT molecular complexity index is 1230. The molecule has 4 heterocycles. The van der Waals surface area contributed by atoms with E-state index in [0.717, 1.165) is 19.4 Å². The number of fused-ring (bicyclic) bond motifs is 2. The molecule has 5 rings (SSSR count). The summed E-state index contributed by atoms with van der Waals surface area (Å²) < 4.78 is 20.6. The molecule has 12 heteroatoms. The average Bonchev–Trinajstić information content (AvgIpc) is 3.49. The maximum atomic E-state index is 12.2. The molecule has 0 bridgehead atoms. The highest BCUT2D eigenvalue weighted by atomic mass is 16.8. The summed E-state index contributed by atoms with van der Waals surface area (Å²) in [4.78, 5) is 24.9. The Labute approximate surface area is 208 Å². The first-order valence-corrected chi connectivity index (χ1v) is 12.1. The first-order valence-electron chi connectivity index (χ1n) is 12.1. The van der Waals surface area contributed by atoms with Gasteiger partial charge in [-0.1, -0.05) is 12.1 Å². The van der Waals surface area contributed by atoms with Gasteiger partial charge in [0.15, 0.2) is 23.5 Å². The molecule has 0 spiro atoms. The number of rotatable bonds is 9. The number of carbonyl (C=O) groups excluding carboxylic acids is 1. The number of nitrogens with zero attached hydrogens (tertiary/aromatic N) is 4. The number of hydrogen-bond acceptors (Lipinski definition) is 10. The first-order chi connectivity index (χ1) is 17.3. The van der Waals surface area contributed by atoms with Gasteiger partial charge in [0.2, 0.25) is 5.91 Å². The smallest absolute Gasteiger partial charge is 0.224 e. The van der Waals surface area contributed by atoms with Crippen LogP contribution in [0.15, 0.2) is 36.9 Å². The molecule has 192 valence electrons. The van der Waals surface area contributed by atoms with Crippen molar-refractivity contribution in [2.24, 2.45) is 0 Å². The minimum absolute atomic E-state index is 0.0477. The molecular weight excluding hydrogens is 464 g/mol. The highest BCUT2D eigenvalue weighted by Crippen LogP contribution is 2.43. The first kappa shape index (κ1) is 24.4. The summed E-state index contributed by atoms with van der Waals surface area (Å²) in [5.41, 5.74) is 14.1. The lowest BCUT2D eigenvalue weighted by atomic mass is 10.1. The number of nitrogen functional groups attached to an aromatic ring is 2.